The van der Waals surface area contributed by atoms with Crippen LogP contribution in [0.15, 0.2) is 52.0 Å². The fraction of sp³-hybridized carbons (Fsp3) is 0.520. The fourth-order valence-corrected chi connectivity index (χ4v) is 5.80. The van der Waals surface area contributed by atoms with Gasteiger partial charge >= 0.3 is 0 Å². The van der Waals surface area contributed by atoms with Gasteiger partial charge in [-0.3, -0.25) is 9.59 Å². The largest absolute Gasteiger partial charge is 0.459 e. The summed E-state index contributed by atoms with van der Waals surface area (Å²) in [4.78, 5) is 29.7. The minimum absolute atomic E-state index is 0.0200. The summed E-state index contributed by atoms with van der Waals surface area (Å²) in [6.07, 6.45) is 2.47. The molecule has 8 nitrogen and oxygen atoms in total. The molecule has 1 aliphatic heterocycles. The van der Waals surface area contributed by atoms with Crippen LogP contribution < -0.4 is 5.32 Å². The maximum Gasteiger partial charge on any atom is 0.289 e. The van der Waals surface area contributed by atoms with Crippen LogP contribution in [0.2, 0.25) is 0 Å². The molecule has 3 rings (SSSR count). The Morgan fingerprint density at radius 1 is 1.12 bits per heavy atom. The second-order valence-corrected chi connectivity index (χ2v) is 12.0. The number of sulfone groups is 1. The molecule has 1 aliphatic rings. The number of furan rings is 1. The zero-order chi connectivity index (χ0) is 24.9. The van der Waals surface area contributed by atoms with E-state index < -0.39 is 9.84 Å². The van der Waals surface area contributed by atoms with Crippen LogP contribution in [0.4, 0.5) is 0 Å². The molecule has 9 heteroatoms. The van der Waals surface area contributed by atoms with Crippen LogP contribution in [-0.2, 0) is 20.4 Å². The molecule has 2 heterocycles. The minimum Gasteiger partial charge on any atom is -0.459 e. The van der Waals surface area contributed by atoms with Crippen LogP contribution in [0.5, 0.6) is 0 Å². The van der Waals surface area contributed by atoms with Gasteiger partial charge in [-0.25, -0.2) is 8.42 Å². The van der Waals surface area contributed by atoms with Gasteiger partial charge in [-0.2, -0.15) is 0 Å². The first kappa shape index (κ1) is 26.0. The Kier molecular flexibility index (Phi) is 8.20. The highest BCUT2D eigenvalue weighted by Crippen LogP contribution is 2.24. The van der Waals surface area contributed by atoms with Gasteiger partial charge in [0, 0.05) is 37.7 Å². The molecule has 0 atom stereocenters. The highest BCUT2D eigenvalue weighted by Gasteiger charge is 2.31. The first-order valence-corrected chi connectivity index (χ1v) is 13.2. The summed E-state index contributed by atoms with van der Waals surface area (Å²) in [5.74, 6) is -0.724. The van der Waals surface area contributed by atoms with E-state index in [1.165, 1.54) is 24.5 Å². The Hall–Kier alpha value is -2.65. The maximum absolute atomic E-state index is 13.1. The fourth-order valence-electron chi connectivity index (χ4n) is 4.42. The second kappa shape index (κ2) is 10.7. The van der Waals surface area contributed by atoms with Crippen molar-refractivity contribution in [1.82, 2.24) is 15.1 Å². The molecule has 0 radical (unpaired) electrons. The average molecular weight is 490 g/mol. The monoisotopic (exact) mass is 489 g/mol. The Morgan fingerprint density at radius 2 is 1.76 bits per heavy atom. The van der Waals surface area contributed by atoms with Crippen LogP contribution in [0.1, 0.15) is 42.8 Å². The summed E-state index contributed by atoms with van der Waals surface area (Å²) >= 11 is 0. The molecule has 1 saturated heterocycles. The van der Waals surface area contributed by atoms with E-state index in [1.807, 2.05) is 14.1 Å². The van der Waals surface area contributed by atoms with Crippen molar-refractivity contribution in [1.29, 1.82) is 0 Å². The number of hydrogen-bond acceptors (Lipinski definition) is 6. The molecule has 2 amide bonds. The number of likely N-dealkylation sites (tertiary alicyclic amines) is 1. The average Bonchev–Trinajstić information content (AvgIpc) is 3.24. The van der Waals surface area contributed by atoms with Gasteiger partial charge in [-0.05, 0) is 50.6 Å². The molecule has 0 unspecified atom stereocenters. The van der Waals surface area contributed by atoms with Crippen LogP contribution in [0.25, 0.3) is 0 Å². The van der Waals surface area contributed by atoms with Crippen molar-refractivity contribution >= 4 is 21.7 Å². The van der Waals surface area contributed by atoms with Crippen molar-refractivity contribution in [3.05, 3.63) is 54.0 Å². The van der Waals surface area contributed by atoms with Gasteiger partial charge in [-0.15, -0.1) is 0 Å². The number of rotatable bonds is 9. The molecule has 1 N–H and O–H groups in total. The number of carbonyl (C=O) groups is 2. The van der Waals surface area contributed by atoms with E-state index in [0.717, 1.165) is 6.54 Å². The van der Waals surface area contributed by atoms with E-state index in [4.69, 9.17) is 4.42 Å². The van der Waals surface area contributed by atoms with Crippen molar-refractivity contribution in [2.24, 2.45) is 11.3 Å². The van der Waals surface area contributed by atoms with Gasteiger partial charge in [0.2, 0.25) is 5.91 Å². The van der Waals surface area contributed by atoms with Gasteiger partial charge in [0.15, 0.2) is 15.6 Å². The molecule has 0 aliphatic carbocycles. The van der Waals surface area contributed by atoms with Gasteiger partial charge in [-0.1, -0.05) is 32.0 Å². The lowest BCUT2D eigenvalue weighted by molar-refractivity contribution is -0.126. The second-order valence-electron chi connectivity index (χ2n) is 10.0. The molecular formula is C25H35N3O5S. The summed E-state index contributed by atoms with van der Waals surface area (Å²) in [5, 5.41) is 3.07. The number of amides is 2. The smallest absolute Gasteiger partial charge is 0.289 e. The summed E-state index contributed by atoms with van der Waals surface area (Å²) in [5.41, 5.74) is 0.308. The lowest BCUT2D eigenvalue weighted by Gasteiger charge is -2.33. The van der Waals surface area contributed by atoms with Crippen molar-refractivity contribution in [3.63, 3.8) is 0 Å². The topological polar surface area (TPSA) is 99.9 Å². The van der Waals surface area contributed by atoms with Gasteiger partial charge in [0.25, 0.3) is 5.91 Å². The number of nitrogens with zero attached hydrogens (tertiary/aromatic N) is 2. The third kappa shape index (κ3) is 6.70. The van der Waals surface area contributed by atoms with Gasteiger partial charge in [0.05, 0.1) is 16.9 Å². The highest BCUT2D eigenvalue weighted by molar-refractivity contribution is 7.90. The van der Waals surface area contributed by atoms with Crippen molar-refractivity contribution < 1.29 is 22.4 Å². The van der Waals surface area contributed by atoms with Crippen LogP contribution in [0.3, 0.4) is 0 Å². The zero-order valence-electron chi connectivity index (χ0n) is 20.4. The van der Waals surface area contributed by atoms with E-state index in [1.54, 1.807) is 23.1 Å². The lowest BCUT2D eigenvalue weighted by Crippen LogP contribution is -2.46. The van der Waals surface area contributed by atoms with Crippen LogP contribution in [0, 0.1) is 11.3 Å². The van der Waals surface area contributed by atoms with Crippen molar-refractivity contribution in [2.75, 3.05) is 40.3 Å². The molecule has 0 spiro atoms. The quantitative estimate of drug-likeness (QED) is 0.581. The standard InChI is InChI=1S/C25H35N3O5S/c1-25(2,18-27(3)4)17-26-23(29)19-10-13-28(14-11-19)24(30)22-20(12-15-33-22)16-34(31,32)21-8-6-5-7-9-21/h5-9,12,15,19H,10-11,13-14,16-18H2,1-4H3,(H,26,29). The van der Waals surface area contributed by atoms with E-state index in [2.05, 4.69) is 24.1 Å². The molecular weight excluding hydrogens is 454 g/mol. The summed E-state index contributed by atoms with van der Waals surface area (Å²) in [6, 6.07) is 9.68. The summed E-state index contributed by atoms with van der Waals surface area (Å²) in [6.45, 7) is 6.54. The SMILES string of the molecule is CN(C)CC(C)(C)CNC(=O)C1CCN(C(=O)c2occc2CS(=O)(=O)c2ccccc2)CC1. The van der Waals surface area contributed by atoms with Crippen LogP contribution in [-0.4, -0.2) is 70.3 Å². The predicted octanol–water partition coefficient (Wildman–Crippen LogP) is 2.81. The van der Waals surface area contributed by atoms with Gasteiger partial charge < -0.3 is 19.5 Å². The first-order chi connectivity index (χ1) is 16.0. The molecule has 1 aromatic carbocycles. The van der Waals surface area contributed by atoms with E-state index >= 15 is 0 Å². The molecule has 186 valence electrons. The molecule has 0 saturated carbocycles. The summed E-state index contributed by atoms with van der Waals surface area (Å²) in [7, 11) is 0.421. The Balaban J connectivity index is 1.56. The third-order valence-corrected chi connectivity index (χ3v) is 7.71. The van der Waals surface area contributed by atoms with Crippen LogP contribution >= 0.6 is 0 Å². The first-order valence-electron chi connectivity index (χ1n) is 11.5. The minimum atomic E-state index is -3.60. The number of hydrogen-bond donors (Lipinski definition) is 1. The predicted molar refractivity (Wildman–Crippen MR) is 130 cm³/mol. The Bertz CT molecular complexity index is 1080. The molecule has 2 aromatic rings. The van der Waals surface area contributed by atoms with Gasteiger partial charge in [0.1, 0.15) is 0 Å². The molecule has 0 bridgehead atoms. The molecule has 1 fully saturated rings. The number of benzene rings is 1. The number of nitrogens with one attached hydrogen (secondary N) is 1. The van der Waals surface area contributed by atoms with E-state index in [-0.39, 0.29) is 39.6 Å². The third-order valence-electron chi connectivity index (χ3n) is 6.03. The van der Waals surface area contributed by atoms with Crippen molar-refractivity contribution in [3.8, 4) is 0 Å². The lowest BCUT2D eigenvalue weighted by atomic mass is 9.91. The normalized spacial score (nSPS) is 15.5. The van der Waals surface area contributed by atoms with Crippen molar-refractivity contribution in [2.45, 2.75) is 37.3 Å². The maximum atomic E-state index is 13.1. The molecule has 1 aromatic heterocycles. The molecule has 34 heavy (non-hydrogen) atoms. The number of carbonyl (C=O) groups excluding carboxylic acids is 2. The van der Waals surface area contributed by atoms with E-state index in [9.17, 15) is 18.0 Å². The summed E-state index contributed by atoms with van der Waals surface area (Å²) < 4.78 is 30.9. The zero-order valence-corrected chi connectivity index (χ0v) is 21.2. The Labute approximate surface area is 202 Å². The highest BCUT2D eigenvalue weighted by atomic mass is 32.2. The Morgan fingerprint density at radius 3 is 2.38 bits per heavy atom. The van der Waals surface area contributed by atoms with E-state index in [0.29, 0.717) is 38.0 Å². The number of piperidine rings is 1.